The van der Waals surface area contributed by atoms with Crippen molar-refractivity contribution in [2.45, 2.75) is 12.5 Å². The van der Waals surface area contributed by atoms with Crippen molar-refractivity contribution in [3.8, 4) is 0 Å². The van der Waals surface area contributed by atoms with E-state index in [0.29, 0.717) is 6.07 Å². The number of carbonyl (C=O) groups is 1. The Morgan fingerprint density at radius 1 is 1.19 bits per heavy atom. The number of halogens is 1. The summed E-state index contributed by atoms with van der Waals surface area (Å²) in [5, 5.41) is 43.6. The van der Waals surface area contributed by atoms with Gasteiger partial charge in [-0.1, -0.05) is 15.9 Å². The molecule has 0 bridgehead atoms. The van der Waals surface area contributed by atoms with Gasteiger partial charge in [-0.05, 0) is 12.5 Å². The quantitative estimate of drug-likeness (QED) is 0.116. The van der Waals surface area contributed by atoms with Crippen molar-refractivity contribution in [1.82, 2.24) is 5.32 Å². The summed E-state index contributed by atoms with van der Waals surface area (Å²) in [6.07, 6.45) is -1.42. The maximum atomic E-state index is 12.4. The van der Waals surface area contributed by atoms with Crippen molar-refractivity contribution < 1.29 is 37.8 Å². The summed E-state index contributed by atoms with van der Waals surface area (Å²) >= 11 is 3.16. The summed E-state index contributed by atoms with van der Waals surface area (Å²) in [5.74, 6) is -1.62. The Labute approximate surface area is 185 Å². The molecule has 0 radical (unpaired) electrons. The number of anilines is 1. The smallest absolute Gasteiger partial charge is 0.299 e. The number of hydrogen-bond acceptors (Lipinski definition) is 10. The van der Waals surface area contributed by atoms with Gasteiger partial charge in [0.15, 0.2) is 0 Å². The minimum Gasteiger partial charge on any atom is -0.394 e. The first kappa shape index (κ1) is 26.6. The molecule has 1 amide bonds. The molecular weight excluding hydrogens is 508 g/mol. The second-order valence-electron chi connectivity index (χ2n) is 6.23. The lowest BCUT2D eigenvalue weighted by atomic mass is 10.1. The molecule has 1 rings (SSSR count). The van der Waals surface area contributed by atoms with Crippen molar-refractivity contribution >= 4 is 49.0 Å². The van der Waals surface area contributed by atoms with Crippen LogP contribution in [0.15, 0.2) is 12.1 Å². The van der Waals surface area contributed by atoms with E-state index in [1.165, 1.54) is 4.90 Å². The number of amides is 1. The number of benzene rings is 1. The van der Waals surface area contributed by atoms with Crippen LogP contribution in [0, 0.1) is 20.2 Å². The molecule has 0 aliphatic carbocycles. The van der Waals surface area contributed by atoms with Gasteiger partial charge in [0.1, 0.15) is 11.3 Å². The summed E-state index contributed by atoms with van der Waals surface area (Å²) in [7, 11) is -4.27. The lowest BCUT2D eigenvalue weighted by molar-refractivity contribution is -0.393. The van der Waals surface area contributed by atoms with Crippen molar-refractivity contribution in [1.29, 1.82) is 0 Å². The van der Waals surface area contributed by atoms with Crippen LogP contribution in [0.4, 0.5) is 17.1 Å². The highest BCUT2D eigenvalue weighted by molar-refractivity contribution is 9.09. The van der Waals surface area contributed by atoms with Crippen LogP contribution in [0.25, 0.3) is 0 Å². The zero-order valence-corrected chi connectivity index (χ0v) is 18.4. The van der Waals surface area contributed by atoms with Crippen LogP contribution in [-0.2, 0) is 10.1 Å². The maximum absolute atomic E-state index is 12.4. The van der Waals surface area contributed by atoms with Gasteiger partial charge in [-0.2, -0.15) is 8.42 Å². The van der Waals surface area contributed by atoms with Crippen LogP contribution >= 0.6 is 15.9 Å². The molecule has 0 aromatic heterocycles. The third-order valence-electron chi connectivity index (χ3n) is 3.97. The average Bonchev–Trinajstić information content (AvgIpc) is 2.68. The van der Waals surface area contributed by atoms with Gasteiger partial charge in [0, 0.05) is 25.0 Å². The Morgan fingerprint density at radius 3 is 2.29 bits per heavy atom. The summed E-state index contributed by atoms with van der Waals surface area (Å²) in [6, 6.07) is 1.56. The molecule has 1 unspecified atom stereocenters. The van der Waals surface area contributed by atoms with E-state index in [4.69, 9.17) is 9.66 Å². The number of nitro groups is 2. The molecule has 1 atom stereocenters. The van der Waals surface area contributed by atoms with Gasteiger partial charge in [0.25, 0.3) is 27.4 Å². The SMILES string of the molecule is O=C(NCC(O)CO)c1cc(N(CCBr)CCCS(=O)(=O)O)c([N+](=O)[O-])cc1[N+](=O)[O-]. The van der Waals surface area contributed by atoms with E-state index in [-0.39, 0.29) is 30.5 Å². The van der Waals surface area contributed by atoms with Crippen molar-refractivity contribution in [3.05, 3.63) is 37.9 Å². The first-order valence-corrected chi connectivity index (χ1v) is 11.4. The zero-order valence-electron chi connectivity index (χ0n) is 16.0. The van der Waals surface area contributed by atoms with Gasteiger partial charge in [0.2, 0.25) is 0 Å². The highest BCUT2D eigenvalue weighted by Gasteiger charge is 2.30. The number of nitrogens with one attached hydrogen (secondary N) is 1. The van der Waals surface area contributed by atoms with E-state index in [1.807, 2.05) is 0 Å². The predicted octanol–water partition coefficient (Wildman–Crippen LogP) is 0.0652. The molecule has 0 saturated heterocycles. The number of nitro benzene ring substituents is 2. The third kappa shape index (κ3) is 8.33. The van der Waals surface area contributed by atoms with E-state index in [2.05, 4.69) is 21.2 Å². The summed E-state index contributed by atoms with van der Waals surface area (Å²) < 4.78 is 30.8. The fourth-order valence-corrected chi connectivity index (χ4v) is 3.48. The number of aliphatic hydroxyl groups is 2. The first-order valence-electron chi connectivity index (χ1n) is 8.71. The van der Waals surface area contributed by atoms with E-state index >= 15 is 0 Å². The molecule has 14 nitrogen and oxygen atoms in total. The van der Waals surface area contributed by atoms with Crippen molar-refractivity contribution in [2.24, 2.45) is 0 Å². The van der Waals surface area contributed by atoms with Crippen LogP contribution in [0.3, 0.4) is 0 Å². The Hall–Kier alpha value is -2.40. The molecule has 0 heterocycles. The van der Waals surface area contributed by atoms with Crippen molar-refractivity contribution in [3.63, 3.8) is 0 Å². The largest absolute Gasteiger partial charge is 0.394 e. The number of hydrogen-bond donors (Lipinski definition) is 4. The van der Waals surface area contributed by atoms with E-state index in [0.717, 1.165) is 6.07 Å². The third-order valence-corrected chi connectivity index (χ3v) is 5.12. The summed E-state index contributed by atoms with van der Waals surface area (Å²) in [5.41, 5.74) is -2.21. The van der Waals surface area contributed by atoms with Crippen LogP contribution < -0.4 is 10.2 Å². The highest BCUT2D eigenvalue weighted by atomic mass is 79.9. The standard InChI is InChI=1S/C15H21BrN4O10S/c16-2-4-18(3-1-5-31(28,29)30)13-6-11(15(23)17-8-10(22)9-21)12(19(24)25)7-14(13)20(26)27/h6-7,10,21-22H,1-5,8-9H2,(H,17,23)(H,28,29,30). The number of aliphatic hydroxyl groups excluding tert-OH is 2. The topological polar surface area (TPSA) is 213 Å². The molecule has 0 aliphatic rings. The Kier molecular flexibility index (Phi) is 10.2. The van der Waals surface area contributed by atoms with Gasteiger partial charge in [-0.3, -0.25) is 29.6 Å². The van der Waals surface area contributed by atoms with E-state index in [1.54, 1.807) is 0 Å². The Morgan fingerprint density at radius 2 is 1.81 bits per heavy atom. The molecular formula is C15H21BrN4O10S. The first-order chi connectivity index (χ1) is 14.4. The lowest BCUT2D eigenvalue weighted by Gasteiger charge is -2.24. The monoisotopic (exact) mass is 528 g/mol. The molecule has 4 N–H and O–H groups in total. The Balaban J connectivity index is 3.44. The fraction of sp³-hybridized carbons (Fsp3) is 0.533. The van der Waals surface area contributed by atoms with Crippen LogP contribution in [0.2, 0.25) is 0 Å². The van der Waals surface area contributed by atoms with Gasteiger partial charge in [-0.25, -0.2) is 0 Å². The number of nitrogens with zero attached hydrogens (tertiary/aromatic N) is 3. The van der Waals surface area contributed by atoms with Gasteiger partial charge in [0.05, 0.1) is 34.4 Å². The maximum Gasteiger partial charge on any atom is 0.299 e. The molecule has 0 saturated carbocycles. The van der Waals surface area contributed by atoms with Gasteiger partial charge < -0.3 is 20.4 Å². The lowest BCUT2D eigenvalue weighted by Crippen LogP contribution is -2.34. The second-order valence-corrected chi connectivity index (χ2v) is 8.60. The van der Waals surface area contributed by atoms with Gasteiger partial charge >= 0.3 is 0 Å². The van der Waals surface area contributed by atoms with Crippen LogP contribution in [0.1, 0.15) is 16.8 Å². The van der Waals surface area contributed by atoms with Crippen LogP contribution in [-0.4, -0.2) is 82.4 Å². The molecule has 31 heavy (non-hydrogen) atoms. The number of alkyl halides is 1. The molecule has 1 aromatic rings. The Bertz CT molecular complexity index is 927. The van der Waals surface area contributed by atoms with Gasteiger partial charge in [-0.15, -0.1) is 0 Å². The summed E-state index contributed by atoms with van der Waals surface area (Å²) in [4.78, 5) is 34.8. The molecule has 1 aromatic carbocycles. The second kappa shape index (κ2) is 11.8. The molecule has 0 fully saturated rings. The molecule has 0 spiro atoms. The minimum absolute atomic E-state index is 0.0751. The molecule has 174 valence electrons. The minimum atomic E-state index is -4.27. The van der Waals surface area contributed by atoms with E-state index in [9.17, 15) is 38.5 Å². The fourth-order valence-electron chi connectivity index (χ4n) is 2.56. The van der Waals surface area contributed by atoms with Crippen LogP contribution in [0.5, 0.6) is 0 Å². The number of rotatable bonds is 13. The average molecular weight is 529 g/mol. The predicted molar refractivity (Wildman–Crippen MR) is 112 cm³/mol. The normalized spacial score (nSPS) is 12.3. The zero-order chi connectivity index (χ0) is 23.8. The van der Waals surface area contributed by atoms with E-state index < -0.39 is 67.8 Å². The molecule has 16 heteroatoms. The highest BCUT2D eigenvalue weighted by Crippen LogP contribution is 2.35. The van der Waals surface area contributed by atoms with Crippen molar-refractivity contribution in [2.75, 3.05) is 42.2 Å². The number of carbonyl (C=O) groups excluding carboxylic acids is 1. The molecule has 0 aliphatic heterocycles. The summed E-state index contributed by atoms with van der Waals surface area (Å²) in [6.45, 7) is -1.04.